The zero-order valence-corrected chi connectivity index (χ0v) is 17.6. The summed E-state index contributed by atoms with van der Waals surface area (Å²) in [4.78, 5) is 31.0. The average molecular weight is 438 g/mol. The maximum atomic E-state index is 13.5. The Balaban J connectivity index is 1.94. The number of aromatic hydroxyl groups is 1. The normalized spacial score (nSPS) is 16.1. The molecule has 0 saturated carbocycles. The second-order valence-corrected chi connectivity index (χ2v) is 7.95. The van der Waals surface area contributed by atoms with Gasteiger partial charge in [-0.05, 0) is 55.3 Å². The first-order chi connectivity index (χ1) is 14.9. The van der Waals surface area contributed by atoms with Crippen molar-refractivity contribution in [3.8, 4) is 5.75 Å². The van der Waals surface area contributed by atoms with Crippen molar-refractivity contribution < 1.29 is 19.0 Å². The molecule has 1 aliphatic heterocycles. The van der Waals surface area contributed by atoms with Crippen LogP contribution in [0.1, 0.15) is 31.0 Å². The standard InChI is InChI=1S/C23H19FN2O4S/c1-3-30-22(29)19-13(2)25-23-26(20(19)15-6-8-16(24)9-7-15)21(28)18(31-23)12-14-4-10-17(27)11-5-14/h4-12,20,27H,3H2,1-2H3/b18-12+/t20-/m0/s1. The van der Waals surface area contributed by atoms with Crippen LogP contribution in [-0.4, -0.2) is 22.2 Å². The maximum absolute atomic E-state index is 13.5. The number of carbonyl (C=O) groups excluding carboxylic acids is 1. The number of nitrogens with zero attached hydrogens (tertiary/aromatic N) is 2. The van der Waals surface area contributed by atoms with E-state index in [9.17, 15) is 19.1 Å². The van der Waals surface area contributed by atoms with Crippen LogP contribution >= 0.6 is 11.3 Å². The summed E-state index contributed by atoms with van der Waals surface area (Å²) in [6.07, 6.45) is 1.70. The number of hydrogen-bond donors (Lipinski definition) is 1. The summed E-state index contributed by atoms with van der Waals surface area (Å²) in [5.74, 6) is -0.850. The van der Waals surface area contributed by atoms with Gasteiger partial charge in [-0.2, -0.15) is 0 Å². The van der Waals surface area contributed by atoms with Crippen molar-refractivity contribution in [2.75, 3.05) is 6.61 Å². The lowest BCUT2D eigenvalue weighted by atomic mass is 9.96. The van der Waals surface area contributed by atoms with Crippen LogP contribution in [0, 0.1) is 5.82 Å². The Kier molecular flexibility index (Phi) is 5.56. The predicted octanol–water partition coefficient (Wildman–Crippen LogP) is 2.64. The zero-order valence-electron chi connectivity index (χ0n) is 16.8. The number of aromatic nitrogens is 1. The van der Waals surface area contributed by atoms with Crippen LogP contribution in [0.5, 0.6) is 5.75 Å². The highest BCUT2D eigenvalue weighted by atomic mass is 32.1. The van der Waals surface area contributed by atoms with Crippen LogP contribution in [0.2, 0.25) is 0 Å². The molecular weight excluding hydrogens is 419 g/mol. The lowest BCUT2D eigenvalue weighted by Gasteiger charge is -2.24. The highest BCUT2D eigenvalue weighted by molar-refractivity contribution is 7.07. The first-order valence-corrected chi connectivity index (χ1v) is 10.4. The molecule has 4 rings (SSSR count). The van der Waals surface area contributed by atoms with E-state index < -0.39 is 17.8 Å². The van der Waals surface area contributed by atoms with Gasteiger partial charge >= 0.3 is 5.97 Å². The van der Waals surface area contributed by atoms with Gasteiger partial charge in [0.1, 0.15) is 11.6 Å². The molecule has 0 saturated heterocycles. The van der Waals surface area contributed by atoms with Gasteiger partial charge in [0.2, 0.25) is 0 Å². The third-order valence-electron chi connectivity index (χ3n) is 4.89. The molecule has 0 unspecified atom stereocenters. The van der Waals surface area contributed by atoms with E-state index in [1.807, 2.05) is 0 Å². The number of fused-ring (bicyclic) bond motifs is 1. The molecule has 0 amide bonds. The number of benzene rings is 2. The molecule has 1 atom stereocenters. The second-order valence-electron chi connectivity index (χ2n) is 6.95. The largest absolute Gasteiger partial charge is 0.508 e. The number of carbonyl (C=O) groups is 1. The number of esters is 1. The lowest BCUT2D eigenvalue weighted by molar-refractivity contribution is -0.139. The molecule has 1 N–H and O–H groups in total. The SMILES string of the molecule is CCOC(=O)C1=C(C)N=c2s/c(=C/c3ccc(O)cc3)c(=O)n2[C@H]1c1ccc(F)cc1. The first-order valence-electron chi connectivity index (χ1n) is 9.63. The number of hydrogen-bond acceptors (Lipinski definition) is 6. The third-order valence-corrected chi connectivity index (χ3v) is 5.88. The molecule has 3 aromatic rings. The number of phenolic OH excluding ortho intramolecular Hbond substituents is 1. The van der Waals surface area contributed by atoms with Gasteiger partial charge in [-0.15, -0.1) is 0 Å². The van der Waals surface area contributed by atoms with Gasteiger partial charge in [-0.3, -0.25) is 9.36 Å². The number of ether oxygens (including phenoxy) is 1. The van der Waals surface area contributed by atoms with Gasteiger partial charge in [0.25, 0.3) is 5.56 Å². The topological polar surface area (TPSA) is 80.9 Å². The number of thiazole rings is 1. The molecule has 2 aromatic carbocycles. The van der Waals surface area contributed by atoms with Gasteiger partial charge in [0, 0.05) is 0 Å². The Bertz CT molecular complexity index is 1350. The third kappa shape index (κ3) is 3.94. The van der Waals surface area contributed by atoms with Gasteiger partial charge in [-0.25, -0.2) is 14.2 Å². The highest BCUT2D eigenvalue weighted by Crippen LogP contribution is 2.30. The van der Waals surface area contributed by atoms with Crippen molar-refractivity contribution in [2.45, 2.75) is 19.9 Å². The minimum Gasteiger partial charge on any atom is -0.508 e. The predicted molar refractivity (Wildman–Crippen MR) is 115 cm³/mol. The number of halogens is 1. The van der Waals surface area contributed by atoms with E-state index in [4.69, 9.17) is 4.74 Å². The molecule has 0 bridgehead atoms. The molecular formula is C23H19FN2O4S. The van der Waals surface area contributed by atoms with Crippen molar-refractivity contribution >= 4 is 23.4 Å². The molecule has 6 nitrogen and oxygen atoms in total. The summed E-state index contributed by atoms with van der Waals surface area (Å²) in [5.41, 5.74) is 1.70. The quantitative estimate of drug-likeness (QED) is 0.635. The van der Waals surface area contributed by atoms with E-state index >= 15 is 0 Å². The maximum Gasteiger partial charge on any atom is 0.338 e. The Morgan fingerprint density at radius 2 is 1.90 bits per heavy atom. The van der Waals surface area contributed by atoms with Crippen LogP contribution < -0.4 is 14.9 Å². The molecule has 0 spiro atoms. The molecule has 1 aromatic heterocycles. The highest BCUT2D eigenvalue weighted by Gasteiger charge is 2.33. The van der Waals surface area contributed by atoms with Crippen molar-refractivity contribution in [1.29, 1.82) is 0 Å². The molecule has 1 aliphatic rings. The molecule has 31 heavy (non-hydrogen) atoms. The minimum atomic E-state index is -0.780. The Morgan fingerprint density at radius 3 is 2.55 bits per heavy atom. The van der Waals surface area contributed by atoms with Crippen molar-refractivity contribution in [2.24, 2.45) is 4.99 Å². The molecule has 8 heteroatoms. The van der Waals surface area contributed by atoms with E-state index in [2.05, 4.69) is 4.99 Å². The number of phenols is 1. The molecule has 2 heterocycles. The van der Waals surface area contributed by atoms with Crippen molar-refractivity contribution in [3.05, 3.63) is 96.4 Å². The minimum absolute atomic E-state index is 0.129. The summed E-state index contributed by atoms with van der Waals surface area (Å²) in [7, 11) is 0. The summed E-state index contributed by atoms with van der Waals surface area (Å²) in [5, 5.41) is 9.48. The van der Waals surface area contributed by atoms with Crippen LogP contribution in [0.15, 0.2) is 69.6 Å². The number of rotatable bonds is 4. The van der Waals surface area contributed by atoms with E-state index in [1.165, 1.54) is 40.2 Å². The molecule has 158 valence electrons. The van der Waals surface area contributed by atoms with Crippen LogP contribution in [-0.2, 0) is 9.53 Å². The Hall–Kier alpha value is -3.52. The van der Waals surface area contributed by atoms with E-state index in [-0.39, 0.29) is 23.5 Å². The molecule has 0 radical (unpaired) electrons. The summed E-state index contributed by atoms with van der Waals surface area (Å²) >= 11 is 1.20. The van der Waals surface area contributed by atoms with Crippen molar-refractivity contribution in [3.63, 3.8) is 0 Å². The van der Waals surface area contributed by atoms with E-state index in [0.29, 0.717) is 20.6 Å². The summed E-state index contributed by atoms with van der Waals surface area (Å²) in [6, 6.07) is 11.4. The van der Waals surface area contributed by atoms with E-state index in [0.717, 1.165) is 5.56 Å². The van der Waals surface area contributed by atoms with E-state index in [1.54, 1.807) is 44.2 Å². The fraction of sp³-hybridized carbons (Fsp3) is 0.174. The fourth-order valence-corrected chi connectivity index (χ4v) is 4.52. The van der Waals surface area contributed by atoms with Crippen LogP contribution in [0.3, 0.4) is 0 Å². The molecule has 0 fully saturated rings. The Labute approximate surface area is 180 Å². The lowest BCUT2D eigenvalue weighted by Crippen LogP contribution is -2.39. The van der Waals surface area contributed by atoms with Gasteiger partial charge in [-0.1, -0.05) is 35.6 Å². The fourth-order valence-electron chi connectivity index (χ4n) is 3.47. The summed E-state index contributed by atoms with van der Waals surface area (Å²) < 4.78 is 20.6. The van der Waals surface area contributed by atoms with Gasteiger partial charge < -0.3 is 9.84 Å². The Morgan fingerprint density at radius 1 is 1.23 bits per heavy atom. The van der Waals surface area contributed by atoms with Crippen LogP contribution in [0.25, 0.3) is 6.08 Å². The zero-order chi connectivity index (χ0) is 22.1. The van der Waals surface area contributed by atoms with Gasteiger partial charge in [0.05, 0.1) is 28.5 Å². The van der Waals surface area contributed by atoms with Crippen LogP contribution in [0.4, 0.5) is 4.39 Å². The van der Waals surface area contributed by atoms with Crippen molar-refractivity contribution in [1.82, 2.24) is 4.57 Å². The smallest absolute Gasteiger partial charge is 0.338 e. The number of allylic oxidation sites excluding steroid dienone is 1. The monoisotopic (exact) mass is 438 g/mol. The van der Waals surface area contributed by atoms with Gasteiger partial charge in [0.15, 0.2) is 4.80 Å². The average Bonchev–Trinajstić information content (AvgIpc) is 3.04. The summed E-state index contributed by atoms with van der Waals surface area (Å²) in [6.45, 7) is 3.57. The second kappa shape index (κ2) is 8.31. The first kappa shape index (κ1) is 20.7. The molecule has 0 aliphatic carbocycles.